The Balaban J connectivity index is 2.14. The number of aromatic nitrogens is 2. The fraction of sp³-hybridized carbons (Fsp3) is 0.538. The van der Waals surface area contributed by atoms with E-state index in [1.54, 1.807) is 6.08 Å². The lowest BCUT2D eigenvalue weighted by atomic mass is 9.98. The van der Waals surface area contributed by atoms with Gasteiger partial charge in [0.2, 0.25) is 0 Å². The minimum absolute atomic E-state index is 0.167. The molecule has 98 valence electrons. The fourth-order valence-corrected chi connectivity index (χ4v) is 2.26. The molecule has 2 rings (SSSR count). The zero-order chi connectivity index (χ0) is 13.0. The van der Waals surface area contributed by atoms with Crippen molar-refractivity contribution in [1.29, 1.82) is 0 Å². The first kappa shape index (κ1) is 12.8. The number of nitrogens with zero attached hydrogens (tertiary/aromatic N) is 1. The van der Waals surface area contributed by atoms with Gasteiger partial charge in [-0.25, -0.2) is 4.79 Å². The summed E-state index contributed by atoms with van der Waals surface area (Å²) in [4.78, 5) is 24.9. The molecule has 0 radical (unpaired) electrons. The second kappa shape index (κ2) is 5.82. The van der Waals surface area contributed by atoms with E-state index < -0.39 is 17.5 Å². The van der Waals surface area contributed by atoms with Crippen molar-refractivity contribution in [2.24, 2.45) is 0 Å². The number of nitrogens with one attached hydrogen (secondary N) is 1. The van der Waals surface area contributed by atoms with Gasteiger partial charge in [-0.2, -0.15) is 0 Å². The highest BCUT2D eigenvalue weighted by Crippen LogP contribution is 2.24. The van der Waals surface area contributed by atoms with Crippen molar-refractivity contribution in [2.75, 3.05) is 0 Å². The molecule has 1 N–H and O–H groups in total. The topological polar surface area (TPSA) is 64.1 Å². The molecule has 1 heterocycles. The van der Waals surface area contributed by atoms with E-state index in [-0.39, 0.29) is 6.10 Å². The molecule has 1 aliphatic rings. The Morgan fingerprint density at radius 3 is 2.72 bits per heavy atom. The zero-order valence-electron chi connectivity index (χ0n) is 10.3. The molecule has 1 saturated carbocycles. The van der Waals surface area contributed by atoms with Crippen LogP contribution in [0.3, 0.4) is 0 Å². The number of hydrogen-bond acceptors (Lipinski definition) is 3. The van der Waals surface area contributed by atoms with Crippen molar-refractivity contribution >= 4 is 0 Å². The Hall–Kier alpha value is -1.62. The van der Waals surface area contributed by atoms with Crippen LogP contribution in [0, 0.1) is 0 Å². The SMILES string of the molecule is C=CC(OC1CCCCC1)n1ccc(=O)[nH]c1=O. The van der Waals surface area contributed by atoms with Gasteiger partial charge >= 0.3 is 5.69 Å². The van der Waals surface area contributed by atoms with E-state index in [2.05, 4.69) is 11.6 Å². The smallest absolute Gasteiger partial charge is 0.330 e. The molecule has 0 bridgehead atoms. The van der Waals surface area contributed by atoms with E-state index in [9.17, 15) is 9.59 Å². The lowest BCUT2D eigenvalue weighted by molar-refractivity contribution is -0.0438. The quantitative estimate of drug-likeness (QED) is 0.825. The van der Waals surface area contributed by atoms with Crippen molar-refractivity contribution in [3.05, 3.63) is 45.8 Å². The summed E-state index contributed by atoms with van der Waals surface area (Å²) in [6.45, 7) is 3.69. The fourth-order valence-electron chi connectivity index (χ4n) is 2.26. The van der Waals surface area contributed by atoms with Crippen LogP contribution in [0.5, 0.6) is 0 Å². The molecule has 0 aromatic carbocycles. The van der Waals surface area contributed by atoms with E-state index in [1.807, 2.05) is 0 Å². The summed E-state index contributed by atoms with van der Waals surface area (Å²) in [5, 5.41) is 0. The molecule has 18 heavy (non-hydrogen) atoms. The van der Waals surface area contributed by atoms with E-state index in [1.165, 1.54) is 23.3 Å². The van der Waals surface area contributed by atoms with E-state index in [0.29, 0.717) is 0 Å². The van der Waals surface area contributed by atoms with Crippen LogP contribution in [-0.4, -0.2) is 15.7 Å². The largest absolute Gasteiger partial charge is 0.351 e. The number of aromatic amines is 1. The Bertz CT molecular complexity index is 511. The van der Waals surface area contributed by atoms with Crippen molar-refractivity contribution in [1.82, 2.24) is 9.55 Å². The molecule has 1 fully saturated rings. The molecular weight excluding hydrogens is 232 g/mol. The molecule has 5 heteroatoms. The molecule has 0 saturated heterocycles. The first-order chi connectivity index (χ1) is 8.70. The van der Waals surface area contributed by atoms with Gasteiger partial charge in [-0.1, -0.05) is 25.8 Å². The second-order valence-corrected chi connectivity index (χ2v) is 4.54. The monoisotopic (exact) mass is 250 g/mol. The summed E-state index contributed by atoms with van der Waals surface area (Å²) in [5.74, 6) is 0. The normalized spacial score (nSPS) is 18.4. The van der Waals surface area contributed by atoms with Crippen molar-refractivity contribution in [3.8, 4) is 0 Å². The van der Waals surface area contributed by atoms with Crippen LogP contribution in [0.25, 0.3) is 0 Å². The van der Waals surface area contributed by atoms with Crippen LogP contribution in [0.4, 0.5) is 0 Å². The van der Waals surface area contributed by atoms with Crippen LogP contribution < -0.4 is 11.2 Å². The lowest BCUT2D eigenvalue weighted by Gasteiger charge is -2.26. The van der Waals surface area contributed by atoms with Gasteiger partial charge in [0.25, 0.3) is 5.56 Å². The maximum absolute atomic E-state index is 11.7. The molecule has 1 aliphatic carbocycles. The molecule has 0 aliphatic heterocycles. The van der Waals surface area contributed by atoms with Gasteiger partial charge in [0, 0.05) is 12.3 Å². The highest BCUT2D eigenvalue weighted by molar-refractivity contribution is 4.89. The predicted molar refractivity (Wildman–Crippen MR) is 68.5 cm³/mol. The third-order valence-electron chi connectivity index (χ3n) is 3.21. The van der Waals surface area contributed by atoms with Gasteiger partial charge in [-0.15, -0.1) is 0 Å². The van der Waals surface area contributed by atoms with Crippen LogP contribution in [0.1, 0.15) is 38.3 Å². The van der Waals surface area contributed by atoms with Crippen molar-refractivity contribution in [2.45, 2.75) is 44.4 Å². The Morgan fingerprint density at radius 1 is 1.39 bits per heavy atom. The third kappa shape index (κ3) is 2.98. The molecule has 1 aromatic heterocycles. The van der Waals surface area contributed by atoms with Gasteiger partial charge in [0.15, 0.2) is 6.23 Å². The summed E-state index contributed by atoms with van der Waals surface area (Å²) >= 11 is 0. The molecule has 0 amide bonds. The van der Waals surface area contributed by atoms with E-state index in [4.69, 9.17) is 4.74 Å². The number of H-pyrrole nitrogens is 1. The van der Waals surface area contributed by atoms with Gasteiger partial charge in [0.1, 0.15) is 0 Å². The maximum Gasteiger partial charge on any atom is 0.330 e. The molecule has 5 nitrogen and oxygen atoms in total. The lowest BCUT2D eigenvalue weighted by Crippen LogP contribution is -2.33. The van der Waals surface area contributed by atoms with Gasteiger partial charge in [0.05, 0.1) is 6.10 Å². The average molecular weight is 250 g/mol. The van der Waals surface area contributed by atoms with Crippen LogP contribution in [0.2, 0.25) is 0 Å². The van der Waals surface area contributed by atoms with Crippen LogP contribution in [0.15, 0.2) is 34.5 Å². The van der Waals surface area contributed by atoms with Gasteiger partial charge in [-0.05, 0) is 18.9 Å². The number of hydrogen-bond donors (Lipinski definition) is 1. The first-order valence-electron chi connectivity index (χ1n) is 6.30. The molecular formula is C13H18N2O3. The highest BCUT2D eigenvalue weighted by Gasteiger charge is 2.19. The molecule has 1 atom stereocenters. The summed E-state index contributed by atoms with van der Waals surface area (Å²) < 4.78 is 7.22. The summed E-state index contributed by atoms with van der Waals surface area (Å²) in [6, 6.07) is 1.31. The number of ether oxygens (including phenoxy) is 1. The Morgan fingerprint density at radius 2 is 2.11 bits per heavy atom. The Labute approximate surface area is 105 Å². The maximum atomic E-state index is 11.7. The predicted octanol–water partition coefficient (Wildman–Crippen LogP) is 1.57. The minimum Gasteiger partial charge on any atom is -0.351 e. The Kier molecular flexibility index (Phi) is 4.15. The molecule has 0 spiro atoms. The standard InChI is InChI=1S/C13H18N2O3/c1-2-12(18-10-6-4-3-5-7-10)15-9-8-11(16)14-13(15)17/h2,8-10,12H,1,3-7H2,(H,14,16,17). The van der Waals surface area contributed by atoms with Crippen molar-refractivity contribution < 1.29 is 4.74 Å². The third-order valence-corrected chi connectivity index (χ3v) is 3.21. The zero-order valence-corrected chi connectivity index (χ0v) is 10.3. The van der Waals surface area contributed by atoms with Crippen molar-refractivity contribution in [3.63, 3.8) is 0 Å². The second-order valence-electron chi connectivity index (χ2n) is 4.54. The first-order valence-corrected chi connectivity index (χ1v) is 6.30. The highest BCUT2D eigenvalue weighted by atomic mass is 16.5. The van der Waals surface area contributed by atoms with E-state index in [0.717, 1.165) is 25.7 Å². The molecule has 1 unspecified atom stereocenters. The summed E-state index contributed by atoms with van der Waals surface area (Å²) in [5.41, 5.74) is -0.875. The minimum atomic E-state index is -0.516. The van der Waals surface area contributed by atoms with Gasteiger partial charge < -0.3 is 4.74 Å². The average Bonchev–Trinajstić information content (AvgIpc) is 2.38. The van der Waals surface area contributed by atoms with Crippen LogP contribution in [-0.2, 0) is 4.74 Å². The summed E-state index contributed by atoms with van der Waals surface area (Å²) in [6.07, 6.45) is 8.27. The van der Waals surface area contributed by atoms with Crippen LogP contribution >= 0.6 is 0 Å². The summed E-state index contributed by atoms with van der Waals surface area (Å²) in [7, 11) is 0. The van der Waals surface area contributed by atoms with E-state index >= 15 is 0 Å². The molecule has 1 aromatic rings. The van der Waals surface area contributed by atoms with Gasteiger partial charge in [-0.3, -0.25) is 14.3 Å². The number of rotatable bonds is 4.